The molecule has 0 aromatic heterocycles. The van der Waals surface area contributed by atoms with E-state index in [0.29, 0.717) is 30.2 Å². The van der Waals surface area contributed by atoms with Crippen LogP contribution in [0, 0.1) is 0 Å². The molecule has 2 aromatic rings. The first-order valence-electron chi connectivity index (χ1n) is 6.51. The van der Waals surface area contributed by atoms with Gasteiger partial charge in [-0.05, 0) is 41.5 Å². The fraction of sp³-hybridized carbons (Fsp3) is 0.118. The van der Waals surface area contributed by atoms with Crippen LogP contribution in [-0.4, -0.2) is 23.4 Å². The van der Waals surface area contributed by atoms with Gasteiger partial charge in [-0.25, -0.2) is 0 Å². The fourth-order valence-electron chi connectivity index (χ4n) is 2.10. The van der Waals surface area contributed by atoms with E-state index in [1.165, 1.54) is 6.07 Å². The summed E-state index contributed by atoms with van der Waals surface area (Å²) in [6.07, 6.45) is 4.76. The standard InChI is InChI=1S/C17H15NO3/c1-2-3-14(10-19)18-9-12-4-6-15-13(8-12)5-7-17(21)16(15)11-20/h2-8,10-11,21H,9H2,1H3/b3-2-,18-14?. The number of phenols is 1. The molecule has 2 aromatic carbocycles. The molecule has 4 nitrogen and oxygen atoms in total. The van der Waals surface area contributed by atoms with Crippen LogP contribution in [0.15, 0.2) is 47.5 Å². The highest BCUT2D eigenvalue weighted by atomic mass is 16.3. The number of allylic oxidation sites excluding steroid dienone is 2. The van der Waals surface area contributed by atoms with Crippen molar-refractivity contribution in [3.8, 4) is 5.75 Å². The van der Waals surface area contributed by atoms with Gasteiger partial charge in [0.05, 0.1) is 17.8 Å². The number of hydrogen-bond acceptors (Lipinski definition) is 4. The van der Waals surface area contributed by atoms with E-state index in [1.54, 1.807) is 24.3 Å². The Morgan fingerprint density at radius 1 is 1.24 bits per heavy atom. The fourth-order valence-corrected chi connectivity index (χ4v) is 2.10. The van der Waals surface area contributed by atoms with Crippen LogP contribution in [0.3, 0.4) is 0 Å². The number of rotatable bonds is 5. The summed E-state index contributed by atoms with van der Waals surface area (Å²) in [5.74, 6) is -0.0282. The number of fused-ring (bicyclic) bond motifs is 1. The van der Waals surface area contributed by atoms with Crippen LogP contribution in [0.2, 0.25) is 0 Å². The van der Waals surface area contributed by atoms with Crippen molar-refractivity contribution in [3.63, 3.8) is 0 Å². The van der Waals surface area contributed by atoms with E-state index in [1.807, 2.05) is 19.1 Å². The Hall–Kier alpha value is -2.75. The minimum atomic E-state index is -0.0282. The number of aldehydes is 2. The van der Waals surface area contributed by atoms with Crippen LogP contribution < -0.4 is 0 Å². The van der Waals surface area contributed by atoms with Gasteiger partial charge in [0.1, 0.15) is 5.75 Å². The molecule has 0 aliphatic carbocycles. The summed E-state index contributed by atoms with van der Waals surface area (Å²) in [4.78, 5) is 26.0. The molecular weight excluding hydrogens is 266 g/mol. The Morgan fingerprint density at radius 3 is 2.71 bits per heavy atom. The van der Waals surface area contributed by atoms with Crippen LogP contribution in [0.25, 0.3) is 10.8 Å². The molecule has 1 N–H and O–H groups in total. The molecule has 0 radical (unpaired) electrons. The smallest absolute Gasteiger partial charge is 0.167 e. The highest BCUT2D eigenvalue weighted by molar-refractivity contribution is 6.33. The minimum Gasteiger partial charge on any atom is -0.507 e. The average molecular weight is 281 g/mol. The maximum Gasteiger partial charge on any atom is 0.167 e. The van der Waals surface area contributed by atoms with Gasteiger partial charge in [-0.2, -0.15) is 0 Å². The minimum absolute atomic E-state index is 0.0282. The number of benzene rings is 2. The van der Waals surface area contributed by atoms with Gasteiger partial charge in [-0.1, -0.05) is 24.3 Å². The lowest BCUT2D eigenvalue weighted by atomic mass is 10.0. The predicted molar refractivity (Wildman–Crippen MR) is 83.0 cm³/mol. The topological polar surface area (TPSA) is 66.7 Å². The number of aliphatic imine (C=N–C) groups is 1. The molecule has 0 fully saturated rings. The SMILES string of the molecule is C/C=C\C(C=O)=NCc1ccc2c(C=O)c(O)ccc2c1. The van der Waals surface area contributed by atoms with Gasteiger partial charge in [-0.3, -0.25) is 14.6 Å². The normalized spacial score (nSPS) is 12.0. The molecule has 0 amide bonds. The largest absolute Gasteiger partial charge is 0.507 e. The Kier molecular flexibility index (Phi) is 4.61. The first-order valence-corrected chi connectivity index (χ1v) is 6.51. The number of nitrogens with zero attached hydrogens (tertiary/aromatic N) is 1. The molecular formula is C17H15NO3. The molecule has 0 saturated heterocycles. The van der Waals surface area contributed by atoms with Gasteiger partial charge >= 0.3 is 0 Å². The lowest BCUT2D eigenvalue weighted by Gasteiger charge is -2.05. The summed E-state index contributed by atoms with van der Waals surface area (Å²) in [6.45, 7) is 2.20. The second kappa shape index (κ2) is 6.61. The molecule has 0 heterocycles. The van der Waals surface area contributed by atoms with Crippen molar-refractivity contribution < 1.29 is 14.7 Å². The van der Waals surface area contributed by atoms with Gasteiger partial charge < -0.3 is 5.11 Å². The second-order valence-electron chi connectivity index (χ2n) is 4.53. The van der Waals surface area contributed by atoms with E-state index >= 15 is 0 Å². The first-order chi connectivity index (χ1) is 10.2. The number of carbonyl (C=O) groups excluding carboxylic acids is 2. The average Bonchev–Trinajstić information content (AvgIpc) is 2.51. The van der Waals surface area contributed by atoms with E-state index in [0.717, 1.165) is 10.9 Å². The maximum atomic E-state index is 11.0. The van der Waals surface area contributed by atoms with E-state index in [-0.39, 0.29) is 11.3 Å². The predicted octanol–water partition coefficient (Wildman–Crippen LogP) is 3.07. The third-order valence-electron chi connectivity index (χ3n) is 3.12. The van der Waals surface area contributed by atoms with Crippen LogP contribution in [0.5, 0.6) is 5.75 Å². The summed E-state index contributed by atoms with van der Waals surface area (Å²) in [6, 6.07) is 8.74. The van der Waals surface area contributed by atoms with Crippen molar-refractivity contribution in [2.24, 2.45) is 4.99 Å². The molecule has 0 saturated carbocycles. The highest BCUT2D eigenvalue weighted by Crippen LogP contribution is 2.26. The second-order valence-corrected chi connectivity index (χ2v) is 4.53. The van der Waals surface area contributed by atoms with Gasteiger partial charge in [0.2, 0.25) is 0 Å². The molecule has 21 heavy (non-hydrogen) atoms. The Labute approximate surface area is 122 Å². The monoisotopic (exact) mass is 281 g/mol. The summed E-state index contributed by atoms with van der Waals surface area (Å²) in [5, 5.41) is 11.2. The van der Waals surface area contributed by atoms with Crippen LogP contribution in [0.1, 0.15) is 22.8 Å². The molecule has 106 valence electrons. The van der Waals surface area contributed by atoms with Gasteiger partial charge in [0.25, 0.3) is 0 Å². The summed E-state index contributed by atoms with van der Waals surface area (Å²) in [5.41, 5.74) is 1.59. The summed E-state index contributed by atoms with van der Waals surface area (Å²) >= 11 is 0. The zero-order valence-corrected chi connectivity index (χ0v) is 11.6. The quantitative estimate of drug-likeness (QED) is 0.676. The van der Waals surface area contributed by atoms with Crippen molar-refractivity contribution in [3.05, 3.63) is 53.6 Å². The molecule has 0 aliphatic rings. The Balaban J connectivity index is 2.38. The zero-order valence-electron chi connectivity index (χ0n) is 11.6. The number of hydrogen-bond donors (Lipinski definition) is 1. The van der Waals surface area contributed by atoms with Crippen molar-refractivity contribution in [2.45, 2.75) is 13.5 Å². The number of phenolic OH excluding ortho intramolecular Hbond substituents is 1. The third-order valence-corrected chi connectivity index (χ3v) is 3.12. The summed E-state index contributed by atoms with van der Waals surface area (Å²) < 4.78 is 0. The molecule has 0 unspecified atom stereocenters. The van der Waals surface area contributed by atoms with Crippen molar-refractivity contribution in [1.82, 2.24) is 0 Å². The first kappa shape index (κ1) is 14.7. The maximum absolute atomic E-state index is 11.0. The molecule has 0 atom stereocenters. The van der Waals surface area contributed by atoms with Crippen LogP contribution in [0.4, 0.5) is 0 Å². The molecule has 2 rings (SSSR count). The molecule has 4 heteroatoms. The van der Waals surface area contributed by atoms with Gasteiger partial charge in [-0.15, -0.1) is 0 Å². The van der Waals surface area contributed by atoms with Gasteiger partial charge in [0, 0.05) is 0 Å². The van der Waals surface area contributed by atoms with Crippen LogP contribution in [-0.2, 0) is 11.3 Å². The van der Waals surface area contributed by atoms with Crippen LogP contribution >= 0.6 is 0 Å². The Bertz CT molecular complexity index is 745. The van der Waals surface area contributed by atoms with E-state index in [4.69, 9.17) is 0 Å². The van der Waals surface area contributed by atoms with E-state index in [2.05, 4.69) is 4.99 Å². The molecule has 0 bridgehead atoms. The number of aromatic hydroxyl groups is 1. The molecule has 0 spiro atoms. The van der Waals surface area contributed by atoms with E-state index in [9.17, 15) is 14.7 Å². The van der Waals surface area contributed by atoms with Crippen molar-refractivity contribution >= 4 is 29.1 Å². The third kappa shape index (κ3) is 3.23. The van der Waals surface area contributed by atoms with E-state index < -0.39 is 0 Å². The number of carbonyl (C=O) groups is 2. The zero-order chi connectivity index (χ0) is 15.2. The highest BCUT2D eigenvalue weighted by Gasteiger charge is 2.06. The van der Waals surface area contributed by atoms with Gasteiger partial charge in [0.15, 0.2) is 12.6 Å². The lowest BCUT2D eigenvalue weighted by Crippen LogP contribution is -1.96. The lowest BCUT2D eigenvalue weighted by molar-refractivity contribution is -0.102. The molecule has 0 aliphatic heterocycles. The summed E-state index contributed by atoms with van der Waals surface area (Å²) in [7, 11) is 0. The Morgan fingerprint density at radius 2 is 2.05 bits per heavy atom. The van der Waals surface area contributed by atoms with Crippen molar-refractivity contribution in [2.75, 3.05) is 0 Å². The van der Waals surface area contributed by atoms with Crippen molar-refractivity contribution in [1.29, 1.82) is 0 Å².